The standard InChI is InChI=1S/C20H26N4O2/c1-13(2)10-21-19(26)24-11-15-8-9-20(16(15)12-24)18(25)22-17(23-20)14-6-4-3-5-7-14/h3-7,13,15-16H,8-12H2,1-2H3,(H,21,26)(H,22,23,25)/t15-,16+,20-/m1/s1. The molecule has 26 heavy (non-hydrogen) atoms. The van der Waals surface area contributed by atoms with Gasteiger partial charge in [-0.2, -0.15) is 0 Å². The number of amides is 3. The largest absolute Gasteiger partial charge is 0.338 e. The smallest absolute Gasteiger partial charge is 0.317 e. The molecule has 138 valence electrons. The van der Waals surface area contributed by atoms with E-state index in [1.165, 1.54) is 0 Å². The summed E-state index contributed by atoms with van der Waals surface area (Å²) in [5, 5.41) is 5.98. The molecule has 0 bridgehead atoms. The van der Waals surface area contributed by atoms with Crippen molar-refractivity contribution in [3.05, 3.63) is 35.9 Å². The van der Waals surface area contributed by atoms with E-state index in [0.29, 0.717) is 30.8 Å². The number of fused-ring (bicyclic) bond motifs is 2. The molecule has 0 unspecified atom stereocenters. The van der Waals surface area contributed by atoms with Gasteiger partial charge >= 0.3 is 6.03 Å². The van der Waals surface area contributed by atoms with Crippen LogP contribution in [-0.4, -0.2) is 47.8 Å². The van der Waals surface area contributed by atoms with E-state index in [1.807, 2.05) is 35.2 Å². The third kappa shape index (κ3) is 2.77. The highest BCUT2D eigenvalue weighted by atomic mass is 16.2. The van der Waals surface area contributed by atoms with Crippen molar-refractivity contribution in [2.24, 2.45) is 22.7 Å². The van der Waals surface area contributed by atoms with E-state index >= 15 is 0 Å². The fourth-order valence-corrected chi connectivity index (χ4v) is 4.51. The summed E-state index contributed by atoms with van der Waals surface area (Å²) in [7, 11) is 0. The second-order valence-corrected chi connectivity index (χ2v) is 8.09. The fraction of sp³-hybridized carbons (Fsp3) is 0.550. The average molecular weight is 354 g/mol. The van der Waals surface area contributed by atoms with Gasteiger partial charge in [-0.3, -0.25) is 9.79 Å². The first kappa shape index (κ1) is 17.1. The summed E-state index contributed by atoms with van der Waals surface area (Å²) in [5.74, 6) is 1.54. The number of nitrogens with zero attached hydrogens (tertiary/aromatic N) is 2. The molecule has 2 N–H and O–H groups in total. The summed E-state index contributed by atoms with van der Waals surface area (Å²) in [6.45, 7) is 6.16. The SMILES string of the molecule is CC(C)CNC(=O)N1C[C@H]2CC[C@@]3(N=C(c4ccccc4)NC3=O)[C@H]2C1. The van der Waals surface area contributed by atoms with Crippen LogP contribution in [0.5, 0.6) is 0 Å². The number of rotatable bonds is 3. The Kier molecular flexibility index (Phi) is 4.21. The summed E-state index contributed by atoms with van der Waals surface area (Å²) >= 11 is 0. The van der Waals surface area contributed by atoms with Crippen LogP contribution in [0.1, 0.15) is 32.3 Å². The molecule has 3 aliphatic rings. The van der Waals surface area contributed by atoms with E-state index < -0.39 is 5.54 Å². The van der Waals surface area contributed by atoms with Gasteiger partial charge in [-0.15, -0.1) is 0 Å². The van der Waals surface area contributed by atoms with E-state index in [1.54, 1.807) is 0 Å². The third-order valence-corrected chi connectivity index (χ3v) is 5.88. The monoisotopic (exact) mass is 354 g/mol. The van der Waals surface area contributed by atoms with Crippen molar-refractivity contribution in [3.8, 4) is 0 Å². The zero-order valence-electron chi connectivity index (χ0n) is 15.4. The first-order valence-corrected chi connectivity index (χ1v) is 9.49. The number of amidine groups is 1. The van der Waals surface area contributed by atoms with Crippen LogP contribution >= 0.6 is 0 Å². The molecule has 1 aromatic carbocycles. The predicted octanol–water partition coefficient (Wildman–Crippen LogP) is 2.01. The van der Waals surface area contributed by atoms with Crippen LogP contribution in [0.2, 0.25) is 0 Å². The van der Waals surface area contributed by atoms with Gasteiger partial charge in [0, 0.05) is 31.1 Å². The van der Waals surface area contributed by atoms with E-state index in [4.69, 9.17) is 4.99 Å². The molecule has 6 nitrogen and oxygen atoms in total. The minimum absolute atomic E-state index is 0.00621. The number of likely N-dealkylation sites (tertiary alicyclic amines) is 1. The number of carbonyl (C=O) groups is 2. The topological polar surface area (TPSA) is 73.8 Å². The number of nitrogens with one attached hydrogen (secondary N) is 2. The lowest BCUT2D eigenvalue weighted by molar-refractivity contribution is -0.124. The maximum atomic E-state index is 12.9. The molecule has 2 aliphatic heterocycles. The van der Waals surface area contributed by atoms with Crippen LogP contribution < -0.4 is 10.6 Å². The van der Waals surface area contributed by atoms with Crippen LogP contribution in [-0.2, 0) is 4.79 Å². The molecule has 6 heteroatoms. The molecule has 0 aromatic heterocycles. The van der Waals surface area contributed by atoms with Crippen molar-refractivity contribution in [1.29, 1.82) is 0 Å². The molecule has 3 amide bonds. The van der Waals surface area contributed by atoms with Crippen molar-refractivity contribution in [2.45, 2.75) is 32.2 Å². The number of hydrogen-bond acceptors (Lipinski definition) is 3. The minimum Gasteiger partial charge on any atom is -0.338 e. The quantitative estimate of drug-likeness (QED) is 0.871. The van der Waals surface area contributed by atoms with Crippen LogP contribution in [0, 0.1) is 17.8 Å². The number of aliphatic imine (C=N–C) groups is 1. The highest BCUT2D eigenvalue weighted by molar-refractivity contribution is 6.15. The molecule has 2 heterocycles. The Morgan fingerprint density at radius 1 is 1.35 bits per heavy atom. The Balaban J connectivity index is 1.53. The van der Waals surface area contributed by atoms with E-state index in [9.17, 15) is 9.59 Å². The molecular weight excluding hydrogens is 328 g/mol. The average Bonchev–Trinajstić information content (AvgIpc) is 3.29. The van der Waals surface area contributed by atoms with Crippen molar-refractivity contribution in [1.82, 2.24) is 15.5 Å². The summed E-state index contributed by atoms with van der Waals surface area (Å²) < 4.78 is 0. The third-order valence-electron chi connectivity index (χ3n) is 5.88. The van der Waals surface area contributed by atoms with Crippen molar-refractivity contribution < 1.29 is 9.59 Å². The molecule has 3 atom stereocenters. The van der Waals surface area contributed by atoms with Crippen molar-refractivity contribution in [2.75, 3.05) is 19.6 Å². The second-order valence-electron chi connectivity index (χ2n) is 8.09. The van der Waals surface area contributed by atoms with Gasteiger partial charge in [-0.05, 0) is 24.7 Å². The van der Waals surface area contributed by atoms with Crippen LogP contribution in [0.25, 0.3) is 0 Å². The molecule has 0 radical (unpaired) electrons. The van der Waals surface area contributed by atoms with Gasteiger partial charge in [-0.1, -0.05) is 44.2 Å². The van der Waals surface area contributed by atoms with Gasteiger partial charge in [-0.25, -0.2) is 4.79 Å². The van der Waals surface area contributed by atoms with Gasteiger partial charge < -0.3 is 15.5 Å². The maximum Gasteiger partial charge on any atom is 0.317 e. The molecule has 1 aromatic rings. The molecular formula is C20H26N4O2. The van der Waals surface area contributed by atoms with Gasteiger partial charge in [0.2, 0.25) is 0 Å². The molecule has 1 saturated heterocycles. The summed E-state index contributed by atoms with van der Waals surface area (Å²) in [6, 6.07) is 9.75. The van der Waals surface area contributed by atoms with Crippen LogP contribution in [0.3, 0.4) is 0 Å². The molecule has 2 fully saturated rings. The minimum atomic E-state index is -0.705. The highest BCUT2D eigenvalue weighted by Gasteiger charge is 2.59. The van der Waals surface area contributed by atoms with Crippen molar-refractivity contribution >= 4 is 17.8 Å². The summed E-state index contributed by atoms with van der Waals surface area (Å²) in [5.41, 5.74) is 0.230. The Hall–Kier alpha value is -2.37. The van der Waals surface area contributed by atoms with Gasteiger partial charge in [0.1, 0.15) is 11.4 Å². The Labute approximate surface area is 154 Å². The normalized spacial score (nSPS) is 29.9. The predicted molar refractivity (Wildman–Crippen MR) is 99.9 cm³/mol. The van der Waals surface area contributed by atoms with Gasteiger partial charge in [0.25, 0.3) is 5.91 Å². The fourth-order valence-electron chi connectivity index (χ4n) is 4.51. The lowest BCUT2D eigenvalue weighted by Crippen LogP contribution is -2.46. The molecule has 4 rings (SSSR count). The van der Waals surface area contributed by atoms with E-state index in [0.717, 1.165) is 24.9 Å². The number of carbonyl (C=O) groups excluding carboxylic acids is 2. The Morgan fingerprint density at radius 2 is 2.12 bits per heavy atom. The highest BCUT2D eigenvalue weighted by Crippen LogP contribution is 2.49. The lowest BCUT2D eigenvalue weighted by Gasteiger charge is -2.26. The van der Waals surface area contributed by atoms with Crippen LogP contribution in [0.4, 0.5) is 4.79 Å². The maximum absolute atomic E-state index is 12.9. The second kappa shape index (κ2) is 6.41. The summed E-state index contributed by atoms with van der Waals surface area (Å²) in [4.78, 5) is 32.0. The molecule has 1 aliphatic carbocycles. The Morgan fingerprint density at radius 3 is 2.85 bits per heavy atom. The zero-order chi connectivity index (χ0) is 18.3. The lowest BCUT2D eigenvalue weighted by atomic mass is 9.85. The zero-order valence-corrected chi connectivity index (χ0v) is 15.4. The van der Waals surface area contributed by atoms with E-state index in [-0.39, 0.29) is 17.9 Å². The first-order valence-electron chi connectivity index (χ1n) is 9.49. The number of urea groups is 1. The summed E-state index contributed by atoms with van der Waals surface area (Å²) in [6.07, 6.45) is 1.71. The number of hydrogen-bond donors (Lipinski definition) is 2. The first-order chi connectivity index (χ1) is 12.5. The van der Waals surface area contributed by atoms with Crippen molar-refractivity contribution in [3.63, 3.8) is 0 Å². The van der Waals surface area contributed by atoms with E-state index in [2.05, 4.69) is 24.5 Å². The van der Waals surface area contributed by atoms with Gasteiger partial charge in [0.05, 0.1) is 0 Å². The van der Waals surface area contributed by atoms with Gasteiger partial charge in [0.15, 0.2) is 0 Å². The molecule has 1 saturated carbocycles. The van der Waals surface area contributed by atoms with Crippen LogP contribution in [0.15, 0.2) is 35.3 Å². The Bertz CT molecular complexity index is 745. The molecule has 1 spiro atoms. The number of benzene rings is 1.